The van der Waals surface area contributed by atoms with Crippen LogP contribution in [0.25, 0.3) is 0 Å². The molecule has 0 aromatic rings. The van der Waals surface area contributed by atoms with E-state index >= 15 is 0 Å². The maximum absolute atomic E-state index is 12.4. The second-order valence-electron chi connectivity index (χ2n) is 4.98. The van der Waals surface area contributed by atoms with Gasteiger partial charge in [0, 0.05) is 31.7 Å². The smallest absolute Gasteiger partial charge is 0.282 e. The molecular formula is C10H21N3O3S. The Morgan fingerprint density at radius 1 is 1.29 bits per heavy atom. The summed E-state index contributed by atoms with van der Waals surface area (Å²) >= 11 is 0. The maximum Gasteiger partial charge on any atom is 0.282 e. The largest absolute Gasteiger partial charge is 0.375 e. The normalized spacial score (nSPS) is 37.5. The van der Waals surface area contributed by atoms with E-state index in [0.717, 1.165) is 6.42 Å². The van der Waals surface area contributed by atoms with E-state index in [1.807, 2.05) is 13.8 Å². The molecule has 0 bridgehead atoms. The Labute approximate surface area is 103 Å². The van der Waals surface area contributed by atoms with Gasteiger partial charge in [-0.2, -0.15) is 17.0 Å². The summed E-state index contributed by atoms with van der Waals surface area (Å²) in [5.41, 5.74) is 5.76. The van der Waals surface area contributed by atoms with E-state index in [1.54, 1.807) is 4.31 Å². The summed E-state index contributed by atoms with van der Waals surface area (Å²) in [6.07, 6.45) is 0.699. The lowest BCUT2D eigenvalue weighted by Crippen LogP contribution is -2.54. The third-order valence-electron chi connectivity index (χ3n) is 3.36. The molecule has 7 heteroatoms. The van der Waals surface area contributed by atoms with Crippen molar-refractivity contribution in [1.82, 2.24) is 8.61 Å². The first-order valence-electron chi connectivity index (χ1n) is 6.05. The van der Waals surface area contributed by atoms with Gasteiger partial charge in [-0.15, -0.1) is 0 Å². The van der Waals surface area contributed by atoms with Crippen LogP contribution in [0.1, 0.15) is 20.3 Å². The maximum atomic E-state index is 12.4. The van der Waals surface area contributed by atoms with Crippen LogP contribution >= 0.6 is 0 Å². The highest BCUT2D eigenvalue weighted by atomic mass is 32.2. The highest BCUT2D eigenvalue weighted by molar-refractivity contribution is 7.86. The van der Waals surface area contributed by atoms with Crippen LogP contribution in [-0.4, -0.2) is 61.5 Å². The fourth-order valence-corrected chi connectivity index (χ4v) is 4.23. The summed E-state index contributed by atoms with van der Waals surface area (Å²) in [4.78, 5) is 0. The molecule has 2 aliphatic rings. The van der Waals surface area contributed by atoms with Gasteiger partial charge in [0.25, 0.3) is 10.2 Å². The molecule has 2 N–H and O–H groups in total. The standard InChI is InChI=1S/C10H21N3O3S/c1-8-7-16-9(2)5-13(8)17(14,15)12-4-3-10(11)6-12/h8-10H,3-7,11H2,1-2H3/t8-,9+,10-/m0/s1. The van der Waals surface area contributed by atoms with Crippen molar-refractivity contribution in [1.29, 1.82) is 0 Å². The van der Waals surface area contributed by atoms with E-state index in [4.69, 9.17) is 10.5 Å². The molecule has 2 saturated heterocycles. The van der Waals surface area contributed by atoms with Crippen LogP contribution in [0.3, 0.4) is 0 Å². The van der Waals surface area contributed by atoms with Crippen LogP contribution < -0.4 is 5.73 Å². The van der Waals surface area contributed by atoms with E-state index < -0.39 is 10.2 Å². The van der Waals surface area contributed by atoms with Crippen LogP contribution in [0.5, 0.6) is 0 Å². The summed E-state index contributed by atoms with van der Waals surface area (Å²) in [7, 11) is -3.37. The molecule has 100 valence electrons. The van der Waals surface area contributed by atoms with Gasteiger partial charge in [0.2, 0.25) is 0 Å². The molecule has 0 aromatic heterocycles. The van der Waals surface area contributed by atoms with Gasteiger partial charge < -0.3 is 10.5 Å². The van der Waals surface area contributed by atoms with Crippen LogP contribution in [0.15, 0.2) is 0 Å². The van der Waals surface area contributed by atoms with Gasteiger partial charge in [-0.1, -0.05) is 0 Å². The van der Waals surface area contributed by atoms with E-state index in [-0.39, 0.29) is 18.2 Å². The van der Waals surface area contributed by atoms with E-state index in [1.165, 1.54) is 4.31 Å². The second-order valence-corrected chi connectivity index (χ2v) is 6.86. The molecule has 0 aliphatic carbocycles. The molecule has 0 spiro atoms. The first kappa shape index (κ1) is 13.2. The Kier molecular flexibility index (Phi) is 3.74. The van der Waals surface area contributed by atoms with Crippen molar-refractivity contribution < 1.29 is 13.2 Å². The average Bonchev–Trinajstić information content (AvgIpc) is 2.69. The zero-order chi connectivity index (χ0) is 12.6. The minimum absolute atomic E-state index is 0.0291. The van der Waals surface area contributed by atoms with Gasteiger partial charge in [-0.25, -0.2) is 0 Å². The van der Waals surface area contributed by atoms with Gasteiger partial charge in [-0.3, -0.25) is 0 Å². The molecule has 17 heavy (non-hydrogen) atoms. The van der Waals surface area contributed by atoms with Crippen molar-refractivity contribution in [2.24, 2.45) is 5.73 Å². The van der Waals surface area contributed by atoms with Gasteiger partial charge in [0.15, 0.2) is 0 Å². The number of hydrogen-bond acceptors (Lipinski definition) is 4. The van der Waals surface area contributed by atoms with Crippen LogP contribution in [0.4, 0.5) is 0 Å². The fourth-order valence-electron chi connectivity index (χ4n) is 2.31. The SMILES string of the molecule is C[C@@H]1CN(S(=O)(=O)N2CC[C@H](N)C2)[C@@H](C)CO1. The van der Waals surface area contributed by atoms with E-state index in [0.29, 0.717) is 26.2 Å². The molecular weight excluding hydrogens is 242 g/mol. The first-order valence-corrected chi connectivity index (χ1v) is 7.45. The lowest BCUT2D eigenvalue weighted by molar-refractivity contribution is -0.0188. The number of morpholine rings is 1. The quantitative estimate of drug-likeness (QED) is 0.720. The van der Waals surface area contributed by atoms with E-state index in [9.17, 15) is 8.42 Å². The van der Waals surface area contributed by atoms with Gasteiger partial charge in [0.1, 0.15) is 0 Å². The van der Waals surface area contributed by atoms with Gasteiger partial charge >= 0.3 is 0 Å². The molecule has 6 nitrogen and oxygen atoms in total. The predicted octanol–water partition coefficient (Wildman–Crippen LogP) is -0.627. The predicted molar refractivity (Wildman–Crippen MR) is 64.7 cm³/mol. The highest BCUT2D eigenvalue weighted by Crippen LogP contribution is 2.21. The molecule has 0 radical (unpaired) electrons. The van der Waals surface area contributed by atoms with Crippen LogP contribution in [0.2, 0.25) is 0 Å². The van der Waals surface area contributed by atoms with Crippen molar-refractivity contribution in [2.75, 3.05) is 26.2 Å². The topological polar surface area (TPSA) is 75.9 Å². The number of nitrogens with zero attached hydrogens (tertiary/aromatic N) is 2. The fraction of sp³-hybridized carbons (Fsp3) is 1.00. The monoisotopic (exact) mass is 263 g/mol. The van der Waals surface area contributed by atoms with E-state index in [2.05, 4.69) is 0 Å². The third kappa shape index (κ3) is 2.63. The third-order valence-corrected chi connectivity index (χ3v) is 5.45. The summed E-state index contributed by atoms with van der Waals surface area (Å²) in [5.74, 6) is 0. The molecule has 2 rings (SSSR count). The van der Waals surface area contributed by atoms with Gasteiger partial charge in [0.05, 0.1) is 12.7 Å². The molecule has 2 fully saturated rings. The van der Waals surface area contributed by atoms with Crippen molar-refractivity contribution in [3.63, 3.8) is 0 Å². The van der Waals surface area contributed by atoms with Crippen molar-refractivity contribution in [3.8, 4) is 0 Å². The number of nitrogens with two attached hydrogens (primary N) is 1. The minimum atomic E-state index is -3.37. The van der Waals surface area contributed by atoms with Crippen LogP contribution in [-0.2, 0) is 14.9 Å². The Morgan fingerprint density at radius 2 is 2.00 bits per heavy atom. The zero-order valence-corrected chi connectivity index (χ0v) is 11.2. The summed E-state index contributed by atoms with van der Waals surface area (Å²) in [5, 5.41) is 0. The van der Waals surface area contributed by atoms with Crippen molar-refractivity contribution >= 4 is 10.2 Å². The number of ether oxygens (including phenoxy) is 1. The summed E-state index contributed by atoms with van der Waals surface area (Å²) < 4.78 is 33.3. The molecule has 0 amide bonds. The van der Waals surface area contributed by atoms with Crippen molar-refractivity contribution in [3.05, 3.63) is 0 Å². The molecule has 2 heterocycles. The Bertz CT molecular complexity index is 373. The summed E-state index contributed by atoms with van der Waals surface area (Å²) in [6.45, 7) is 5.61. The second kappa shape index (κ2) is 4.81. The number of rotatable bonds is 2. The lowest BCUT2D eigenvalue weighted by Gasteiger charge is -2.37. The summed E-state index contributed by atoms with van der Waals surface area (Å²) in [6, 6.07) is -0.133. The lowest BCUT2D eigenvalue weighted by atomic mass is 10.2. The molecule has 0 saturated carbocycles. The molecule has 0 unspecified atom stereocenters. The molecule has 3 atom stereocenters. The Hall–Kier alpha value is -0.210. The highest BCUT2D eigenvalue weighted by Gasteiger charge is 2.39. The average molecular weight is 263 g/mol. The Morgan fingerprint density at radius 3 is 2.59 bits per heavy atom. The Balaban J connectivity index is 2.13. The molecule has 0 aromatic carbocycles. The molecule has 2 aliphatic heterocycles. The van der Waals surface area contributed by atoms with Crippen molar-refractivity contribution in [2.45, 2.75) is 38.5 Å². The minimum Gasteiger partial charge on any atom is -0.375 e. The van der Waals surface area contributed by atoms with Gasteiger partial charge in [-0.05, 0) is 20.3 Å². The first-order chi connectivity index (χ1) is 7.91. The zero-order valence-electron chi connectivity index (χ0n) is 10.4. The number of hydrogen-bond donors (Lipinski definition) is 1. The van der Waals surface area contributed by atoms with Crippen LogP contribution in [0, 0.1) is 0 Å².